The zero-order valence-corrected chi connectivity index (χ0v) is 12.3. The van der Waals surface area contributed by atoms with E-state index in [1.165, 1.54) is 5.56 Å². The van der Waals surface area contributed by atoms with E-state index in [1.807, 2.05) is 42.5 Å². The highest BCUT2D eigenvalue weighted by Crippen LogP contribution is 2.33. The van der Waals surface area contributed by atoms with Gasteiger partial charge >= 0.3 is 0 Å². The number of aliphatic hydroxyl groups excluding tert-OH is 1. The molecule has 0 radical (unpaired) electrons. The first-order valence-electron chi connectivity index (χ1n) is 6.58. The van der Waals surface area contributed by atoms with Gasteiger partial charge in [0.25, 0.3) is 0 Å². The van der Waals surface area contributed by atoms with Crippen molar-refractivity contribution in [3.05, 3.63) is 69.2 Å². The normalized spacial score (nSPS) is 21.6. The first-order valence-corrected chi connectivity index (χ1v) is 7.33. The first-order chi connectivity index (χ1) is 9.67. The second-order valence-electron chi connectivity index (χ2n) is 5.08. The summed E-state index contributed by atoms with van der Waals surface area (Å²) in [5.41, 5.74) is 3.46. The molecular formula is C16H15Cl2NO. The van der Waals surface area contributed by atoms with Gasteiger partial charge in [-0.15, -0.1) is 0 Å². The minimum atomic E-state index is 0.00769. The molecule has 0 amide bonds. The zero-order valence-electron chi connectivity index (χ0n) is 10.8. The summed E-state index contributed by atoms with van der Waals surface area (Å²) in [6.07, 6.45) is 0.806. The van der Waals surface area contributed by atoms with Gasteiger partial charge in [0.15, 0.2) is 0 Å². The lowest BCUT2D eigenvalue weighted by atomic mass is 9.87. The topological polar surface area (TPSA) is 32.3 Å². The second kappa shape index (κ2) is 5.74. The number of halogens is 2. The smallest absolute Gasteiger partial charge is 0.0588 e. The Hall–Kier alpha value is -1.06. The van der Waals surface area contributed by atoms with Crippen molar-refractivity contribution in [3.63, 3.8) is 0 Å². The molecule has 1 heterocycles. The fraction of sp³-hybridized carbons (Fsp3) is 0.250. The molecule has 0 saturated carbocycles. The van der Waals surface area contributed by atoms with Crippen LogP contribution >= 0.6 is 23.2 Å². The number of hydrogen-bond donors (Lipinski definition) is 2. The summed E-state index contributed by atoms with van der Waals surface area (Å²) in [4.78, 5) is 0. The third-order valence-corrected chi connectivity index (χ3v) is 4.16. The van der Waals surface area contributed by atoms with Crippen molar-refractivity contribution in [2.75, 3.05) is 6.61 Å². The Bertz CT molecular complexity index is 630. The molecule has 1 aliphatic rings. The Kier molecular flexibility index (Phi) is 3.99. The Morgan fingerprint density at radius 2 is 1.90 bits per heavy atom. The number of hydrogen-bond acceptors (Lipinski definition) is 2. The number of aliphatic hydroxyl groups is 1. The molecule has 2 nitrogen and oxygen atoms in total. The van der Waals surface area contributed by atoms with E-state index in [-0.39, 0.29) is 18.7 Å². The van der Waals surface area contributed by atoms with Gasteiger partial charge < -0.3 is 10.4 Å². The summed E-state index contributed by atoms with van der Waals surface area (Å²) < 4.78 is 0. The first kappa shape index (κ1) is 13.9. The lowest BCUT2D eigenvalue weighted by Gasteiger charge is -2.33. The van der Waals surface area contributed by atoms with Crippen molar-refractivity contribution in [1.82, 2.24) is 5.32 Å². The molecular weight excluding hydrogens is 293 g/mol. The van der Waals surface area contributed by atoms with E-state index >= 15 is 0 Å². The molecule has 2 aromatic carbocycles. The van der Waals surface area contributed by atoms with Gasteiger partial charge in [0, 0.05) is 16.1 Å². The van der Waals surface area contributed by atoms with Crippen LogP contribution in [0.25, 0.3) is 0 Å². The van der Waals surface area contributed by atoms with Gasteiger partial charge in [-0.25, -0.2) is 0 Å². The molecule has 3 rings (SSSR count). The highest BCUT2D eigenvalue weighted by molar-refractivity contribution is 6.31. The summed E-state index contributed by atoms with van der Waals surface area (Å²) in [7, 11) is 0. The Balaban J connectivity index is 2.08. The van der Waals surface area contributed by atoms with Gasteiger partial charge in [-0.05, 0) is 47.4 Å². The molecule has 2 atom stereocenters. The van der Waals surface area contributed by atoms with E-state index in [0.717, 1.165) is 22.6 Å². The maximum atomic E-state index is 9.48. The summed E-state index contributed by atoms with van der Waals surface area (Å²) >= 11 is 12.2. The predicted octanol–water partition coefficient (Wildman–Crippen LogP) is 3.59. The molecule has 0 saturated heterocycles. The molecule has 0 bridgehead atoms. The molecule has 0 aliphatic carbocycles. The summed E-state index contributed by atoms with van der Waals surface area (Å²) in [6.45, 7) is 0.110. The second-order valence-corrected chi connectivity index (χ2v) is 5.95. The van der Waals surface area contributed by atoms with Gasteiger partial charge in [0.2, 0.25) is 0 Å². The number of nitrogens with one attached hydrogen (secondary N) is 1. The van der Waals surface area contributed by atoms with Gasteiger partial charge in [0.05, 0.1) is 12.6 Å². The van der Waals surface area contributed by atoms with Gasteiger partial charge in [0.1, 0.15) is 0 Å². The zero-order chi connectivity index (χ0) is 14.1. The molecule has 0 unspecified atom stereocenters. The Morgan fingerprint density at radius 3 is 2.65 bits per heavy atom. The quantitative estimate of drug-likeness (QED) is 0.888. The van der Waals surface area contributed by atoms with E-state index in [9.17, 15) is 5.11 Å². The highest BCUT2D eigenvalue weighted by Gasteiger charge is 2.27. The van der Waals surface area contributed by atoms with E-state index in [0.29, 0.717) is 5.02 Å². The largest absolute Gasteiger partial charge is 0.395 e. The molecule has 0 aromatic heterocycles. The van der Waals surface area contributed by atoms with Crippen molar-refractivity contribution >= 4 is 23.2 Å². The van der Waals surface area contributed by atoms with Crippen LogP contribution in [0.15, 0.2) is 42.5 Å². The lowest BCUT2D eigenvalue weighted by molar-refractivity contribution is 0.229. The molecule has 2 aromatic rings. The molecule has 20 heavy (non-hydrogen) atoms. The van der Waals surface area contributed by atoms with E-state index < -0.39 is 0 Å². The maximum absolute atomic E-state index is 9.48. The number of fused-ring (bicyclic) bond motifs is 1. The monoisotopic (exact) mass is 307 g/mol. The predicted molar refractivity (Wildman–Crippen MR) is 82.5 cm³/mol. The van der Waals surface area contributed by atoms with Crippen LogP contribution in [0.5, 0.6) is 0 Å². The molecule has 104 valence electrons. The summed E-state index contributed by atoms with van der Waals surface area (Å²) in [6, 6.07) is 13.8. The third-order valence-electron chi connectivity index (χ3n) is 3.69. The van der Waals surface area contributed by atoms with E-state index in [1.54, 1.807) is 0 Å². The van der Waals surface area contributed by atoms with Crippen molar-refractivity contribution in [2.24, 2.45) is 0 Å². The van der Waals surface area contributed by atoms with Crippen LogP contribution < -0.4 is 5.32 Å². The summed E-state index contributed by atoms with van der Waals surface area (Å²) in [5.74, 6) is 0. The average molecular weight is 308 g/mol. The van der Waals surface area contributed by atoms with Crippen LogP contribution in [0, 0.1) is 0 Å². The SMILES string of the molecule is OC[C@@H]1Cc2ccc(Cl)cc2[C@H](c2cccc(Cl)c2)N1. The van der Waals surface area contributed by atoms with E-state index in [2.05, 4.69) is 5.32 Å². The average Bonchev–Trinajstić information content (AvgIpc) is 2.46. The van der Waals surface area contributed by atoms with Crippen molar-refractivity contribution in [1.29, 1.82) is 0 Å². The molecule has 0 spiro atoms. The van der Waals surface area contributed by atoms with Crippen molar-refractivity contribution in [2.45, 2.75) is 18.5 Å². The number of rotatable bonds is 2. The molecule has 4 heteroatoms. The Morgan fingerprint density at radius 1 is 1.10 bits per heavy atom. The van der Waals surface area contributed by atoms with Crippen LogP contribution in [0.1, 0.15) is 22.7 Å². The standard InChI is InChI=1S/C16H15Cl2NO/c17-12-3-1-2-11(6-12)16-15-8-13(18)5-4-10(15)7-14(9-20)19-16/h1-6,8,14,16,19-20H,7,9H2/t14-,16-/m0/s1. The molecule has 2 N–H and O–H groups in total. The van der Waals surface area contributed by atoms with Crippen LogP contribution in [-0.4, -0.2) is 17.8 Å². The molecule has 1 aliphatic heterocycles. The van der Waals surface area contributed by atoms with Crippen molar-refractivity contribution < 1.29 is 5.11 Å². The van der Waals surface area contributed by atoms with Crippen LogP contribution in [0.2, 0.25) is 10.0 Å². The highest BCUT2D eigenvalue weighted by atomic mass is 35.5. The minimum Gasteiger partial charge on any atom is -0.395 e. The fourth-order valence-corrected chi connectivity index (χ4v) is 3.13. The molecule has 0 fully saturated rings. The van der Waals surface area contributed by atoms with Gasteiger partial charge in [-0.1, -0.05) is 41.4 Å². The van der Waals surface area contributed by atoms with Crippen LogP contribution in [-0.2, 0) is 6.42 Å². The van der Waals surface area contributed by atoms with E-state index in [4.69, 9.17) is 23.2 Å². The van der Waals surface area contributed by atoms with Crippen molar-refractivity contribution in [3.8, 4) is 0 Å². The lowest BCUT2D eigenvalue weighted by Crippen LogP contribution is -2.42. The third kappa shape index (κ3) is 2.70. The maximum Gasteiger partial charge on any atom is 0.0588 e. The summed E-state index contributed by atoms with van der Waals surface area (Å²) in [5, 5.41) is 14.4. The fourth-order valence-electron chi connectivity index (χ4n) is 2.75. The number of benzene rings is 2. The van der Waals surface area contributed by atoms with Crippen LogP contribution in [0.4, 0.5) is 0 Å². The van der Waals surface area contributed by atoms with Gasteiger partial charge in [-0.2, -0.15) is 0 Å². The Labute approximate surface area is 128 Å². The minimum absolute atomic E-state index is 0.00769. The van der Waals surface area contributed by atoms with Crippen LogP contribution in [0.3, 0.4) is 0 Å². The van der Waals surface area contributed by atoms with Gasteiger partial charge in [-0.3, -0.25) is 0 Å².